The van der Waals surface area contributed by atoms with Gasteiger partial charge in [0.05, 0.1) is 40.9 Å². The number of carbonyl (C=O) groups excluding carboxylic acids is 1. The van der Waals surface area contributed by atoms with Crippen molar-refractivity contribution in [3.05, 3.63) is 106 Å². The molecule has 0 aliphatic heterocycles. The monoisotopic (exact) mass is 402 g/mol. The molecule has 0 spiro atoms. The topological polar surface area (TPSA) is 76.9 Å². The fourth-order valence-electron chi connectivity index (χ4n) is 3.21. The molecule has 30 heavy (non-hydrogen) atoms. The Morgan fingerprint density at radius 3 is 2.67 bits per heavy atom. The van der Waals surface area contributed by atoms with E-state index in [-0.39, 0.29) is 23.8 Å². The minimum atomic E-state index is -0.328. The highest BCUT2D eigenvalue weighted by Gasteiger charge is 2.14. The molecule has 0 saturated heterocycles. The lowest BCUT2D eigenvalue weighted by Gasteiger charge is -2.11. The van der Waals surface area contributed by atoms with Crippen molar-refractivity contribution in [3.63, 3.8) is 0 Å². The first-order valence-electron chi connectivity index (χ1n) is 9.44. The molecule has 150 valence electrons. The van der Waals surface area contributed by atoms with Gasteiger partial charge in [-0.15, -0.1) is 0 Å². The Bertz CT molecular complexity index is 1270. The summed E-state index contributed by atoms with van der Waals surface area (Å²) < 4.78 is 14.6. The van der Waals surface area contributed by atoms with Gasteiger partial charge in [-0.3, -0.25) is 19.6 Å². The maximum Gasteiger partial charge on any atom is 0.260 e. The summed E-state index contributed by atoms with van der Waals surface area (Å²) in [4.78, 5) is 34.3. The number of benzene rings is 1. The van der Waals surface area contributed by atoms with Crippen molar-refractivity contribution in [2.45, 2.75) is 20.0 Å². The third-order valence-electron chi connectivity index (χ3n) is 4.81. The van der Waals surface area contributed by atoms with Crippen LogP contribution in [0.2, 0.25) is 0 Å². The third-order valence-corrected chi connectivity index (χ3v) is 4.81. The zero-order chi connectivity index (χ0) is 21.1. The predicted octanol–water partition coefficient (Wildman–Crippen LogP) is 3.22. The van der Waals surface area contributed by atoms with Crippen LogP contribution in [0.1, 0.15) is 27.3 Å². The standard InChI is InChI=1S/C23H19FN4O2/c1-15-19(22(29)26-13-18-4-2-3-10-25-18)12-20-21(27-15)9-11-28(23(20)30)14-16-5-7-17(24)8-6-16/h2-12H,13-14H2,1H3,(H,26,29). The SMILES string of the molecule is Cc1nc2ccn(Cc3ccc(F)cc3)c(=O)c2cc1C(=O)NCc1ccccn1. The summed E-state index contributed by atoms with van der Waals surface area (Å²) in [6.07, 6.45) is 3.31. The number of rotatable bonds is 5. The zero-order valence-corrected chi connectivity index (χ0v) is 16.3. The predicted molar refractivity (Wildman–Crippen MR) is 112 cm³/mol. The lowest BCUT2D eigenvalue weighted by molar-refractivity contribution is 0.0949. The average molecular weight is 402 g/mol. The van der Waals surface area contributed by atoms with Crippen LogP contribution in [-0.2, 0) is 13.1 Å². The smallest absolute Gasteiger partial charge is 0.260 e. The molecule has 1 amide bonds. The quantitative estimate of drug-likeness (QED) is 0.556. The van der Waals surface area contributed by atoms with Crippen LogP contribution in [-0.4, -0.2) is 20.4 Å². The fraction of sp³-hybridized carbons (Fsp3) is 0.130. The van der Waals surface area contributed by atoms with Gasteiger partial charge < -0.3 is 9.88 Å². The first kappa shape index (κ1) is 19.4. The van der Waals surface area contributed by atoms with E-state index >= 15 is 0 Å². The van der Waals surface area contributed by atoms with E-state index in [2.05, 4.69) is 15.3 Å². The zero-order valence-electron chi connectivity index (χ0n) is 16.3. The van der Waals surface area contributed by atoms with Gasteiger partial charge in [0.15, 0.2) is 0 Å². The van der Waals surface area contributed by atoms with Crippen LogP contribution in [0, 0.1) is 12.7 Å². The number of fused-ring (bicyclic) bond motifs is 1. The number of hydrogen-bond acceptors (Lipinski definition) is 4. The number of nitrogens with one attached hydrogen (secondary N) is 1. The summed E-state index contributed by atoms with van der Waals surface area (Å²) in [5.74, 6) is -0.647. The second-order valence-electron chi connectivity index (χ2n) is 6.93. The van der Waals surface area contributed by atoms with Crippen molar-refractivity contribution in [2.24, 2.45) is 0 Å². The van der Waals surface area contributed by atoms with Gasteiger partial charge in [-0.1, -0.05) is 18.2 Å². The van der Waals surface area contributed by atoms with Gasteiger partial charge in [-0.2, -0.15) is 0 Å². The van der Waals surface area contributed by atoms with Crippen LogP contribution in [0.5, 0.6) is 0 Å². The molecule has 4 aromatic rings. The second-order valence-corrected chi connectivity index (χ2v) is 6.93. The molecular weight excluding hydrogens is 383 g/mol. The number of hydrogen-bond donors (Lipinski definition) is 1. The summed E-state index contributed by atoms with van der Waals surface area (Å²) in [7, 11) is 0. The Hall–Kier alpha value is -3.87. The van der Waals surface area contributed by atoms with Crippen LogP contribution in [0.3, 0.4) is 0 Å². The van der Waals surface area contributed by atoms with Gasteiger partial charge >= 0.3 is 0 Å². The molecule has 0 unspecified atom stereocenters. The lowest BCUT2D eigenvalue weighted by Crippen LogP contribution is -2.26. The van der Waals surface area contributed by atoms with Gasteiger partial charge in [0.25, 0.3) is 11.5 Å². The number of aryl methyl sites for hydroxylation is 1. The highest BCUT2D eigenvalue weighted by Crippen LogP contribution is 2.14. The van der Waals surface area contributed by atoms with Crippen molar-refractivity contribution in [1.82, 2.24) is 19.9 Å². The number of pyridine rings is 3. The molecule has 0 saturated carbocycles. The minimum Gasteiger partial charge on any atom is -0.346 e. The first-order chi connectivity index (χ1) is 14.5. The lowest BCUT2D eigenvalue weighted by atomic mass is 10.1. The molecule has 3 aromatic heterocycles. The Morgan fingerprint density at radius 1 is 1.13 bits per heavy atom. The molecule has 1 aromatic carbocycles. The van der Waals surface area contributed by atoms with Gasteiger partial charge in [0.1, 0.15) is 5.82 Å². The number of nitrogens with zero attached hydrogens (tertiary/aromatic N) is 3. The van der Waals surface area contributed by atoms with Crippen molar-refractivity contribution in [3.8, 4) is 0 Å². The molecule has 6 nitrogen and oxygen atoms in total. The molecule has 7 heteroatoms. The normalized spacial score (nSPS) is 10.9. The molecule has 3 heterocycles. The molecule has 0 bridgehead atoms. The van der Waals surface area contributed by atoms with Gasteiger partial charge in [0.2, 0.25) is 0 Å². The summed E-state index contributed by atoms with van der Waals surface area (Å²) in [5, 5.41) is 3.17. The molecular formula is C23H19FN4O2. The number of amides is 1. The summed E-state index contributed by atoms with van der Waals surface area (Å²) in [6, 6.07) is 14.8. The Kier molecular flexibility index (Phi) is 5.34. The minimum absolute atomic E-state index is 0.261. The van der Waals surface area contributed by atoms with E-state index in [1.54, 1.807) is 49.6 Å². The molecule has 4 rings (SSSR count). The highest BCUT2D eigenvalue weighted by molar-refractivity contribution is 5.98. The molecule has 0 aliphatic carbocycles. The maximum atomic E-state index is 13.1. The maximum absolute atomic E-state index is 13.1. The molecule has 1 N–H and O–H groups in total. The van der Waals surface area contributed by atoms with Gasteiger partial charge in [-0.05, 0) is 48.9 Å². The van der Waals surface area contributed by atoms with Crippen molar-refractivity contribution >= 4 is 16.8 Å². The van der Waals surface area contributed by atoms with Crippen LogP contribution >= 0.6 is 0 Å². The summed E-state index contributed by atoms with van der Waals surface area (Å²) in [6.45, 7) is 2.31. The second kappa shape index (κ2) is 8.24. The largest absolute Gasteiger partial charge is 0.346 e. The van der Waals surface area contributed by atoms with Gasteiger partial charge in [-0.25, -0.2) is 4.39 Å². The fourth-order valence-corrected chi connectivity index (χ4v) is 3.21. The number of aromatic nitrogens is 3. The van der Waals surface area contributed by atoms with Crippen molar-refractivity contribution < 1.29 is 9.18 Å². The summed E-state index contributed by atoms with van der Waals surface area (Å²) >= 11 is 0. The molecule has 0 radical (unpaired) electrons. The Balaban J connectivity index is 1.63. The van der Waals surface area contributed by atoms with Crippen LogP contribution < -0.4 is 10.9 Å². The van der Waals surface area contributed by atoms with Crippen molar-refractivity contribution in [2.75, 3.05) is 0 Å². The number of halogens is 1. The number of carbonyl (C=O) groups is 1. The third kappa shape index (κ3) is 4.10. The summed E-state index contributed by atoms with van der Waals surface area (Å²) in [5.41, 5.74) is 2.68. The van der Waals surface area contributed by atoms with Crippen LogP contribution in [0.4, 0.5) is 4.39 Å². The average Bonchev–Trinajstić information content (AvgIpc) is 2.76. The Morgan fingerprint density at radius 2 is 1.93 bits per heavy atom. The molecule has 0 aliphatic rings. The van der Waals surface area contributed by atoms with E-state index in [4.69, 9.17) is 0 Å². The van der Waals surface area contributed by atoms with E-state index < -0.39 is 0 Å². The Labute approximate surface area is 172 Å². The first-order valence-corrected chi connectivity index (χ1v) is 9.44. The molecule has 0 fully saturated rings. The van der Waals surface area contributed by atoms with Crippen LogP contribution in [0.25, 0.3) is 10.9 Å². The van der Waals surface area contributed by atoms with Gasteiger partial charge in [0, 0.05) is 12.4 Å². The highest BCUT2D eigenvalue weighted by atomic mass is 19.1. The van der Waals surface area contributed by atoms with E-state index in [9.17, 15) is 14.0 Å². The molecule has 0 atom stereocenters. The van der Waals surface area contributed by atoms with E-state index in [1.807, 2.05) is 12.1 Å². The van der Waals surface area contributed by atoms with E-state index in [0.29, 0.717) is 28.7 Å². The van der Waals surface area contributed by atoms with E-state index in [1.165, 1.54) is 16.7 Å². The van der Waals surface area contributed by atoms with E-state index in [0.717, 1.165) is 11.3 Å². The van der Waals surface area contributed by atoms with Crippen LogP contribution in [0.15, 0.2) is 71.8 Å². The van der Waals surface area contributed by atoms with Crippen molar-refractivity contribution in [1.29, 1.82) is 0 Å².